The van der Waals surface area contributed by atoms with Gasteiger partial charge in [0.25, 0.3) is 5.56 Å². The van der Waals surface area contributed by atoms with Crippen molar-refractivity contribution < 1.29 is 4.42 Å². The molecular weight excluding hydrogens is 308 g/mol. The van der Waals surface area contributed by atoms with Crippen molar-refractivity contribution in [2.45, 2.75) is 63.8 Å². The Labute approximate surface area is 138 Å². The van der Waals surface area contributed by atoms with Crippen LogP contribution in [0.3, 0.4) is 0 Å². The number of hydrogen-bond donors (Lipinski definition) is 1. The summed E-state index contributed by atoms with van der Waals surface area (Å²) in [6, 6.07) is 1.39. The number of hydrogen-bond acceptors (Lipinski definition) is 4. The quantitative estimate of drug-likeness (QED) is 0.933. The van der Waals surface area contributed by atoms with Crippen LogP contribution in [0.1, 0.15) is 63.0 Å². The molecule has 4 rings (SSSR count). The molecule has 128 valence electrons. The Morgan fingerprint density at radius 2 is 1.83 bits per heavy atom. The molecule has 0 radical (unpaired) electrons. The van der Waals surface area contributed by atoms with Crippen LogP contribution >= 0.6 is 0 Å². The van der Waals surface area contributed by atoms with Gasteiger partial charge in [-0.2, -0.15) is 0 Å². The molecule has 0 bridgehead atoms. The van der Waals surface area contributed by atoms with Gasteiger partial charge in [-0.05, 0) is 43.6 Å². The standard InChI is InChI=1S/C18H22N2O4/c21-14-10-12(9-8-11-4-1-2-5-11)15-16(24-14)19-18(23)20(17(15)22)13-6-3-7-13/h10-11,13H,1-9H2,(H,19,23). The number of aryl methyl sites for hydroxylation is 1. The number of nitrogens with one attached hydrogen (secondary N) is 1. The second kappa shape index (κ2) is 6.07. The smallest absolute Gasteiger partial charge is 0.337 e. The molecule has 6 nitrogen and oxygen atoms in total. The molecule has 6 heteroatoms. The second-order valence-electron chi connectivity index (χ2n) is 7.17. The maximum atomic E-state index is 12.9. The zero-order valence-corrected chi connectivity index (χ0v) is 13.7. The van der Waals surface area contributed by atoms with Gasteiger partial charge in [-0.3, -0.25) is 14.3 Å². The SMILES string of the molecule is O=c1cc(CCC2CCCC2)c2c(=O)n(C3CCC3)c(=O)[nH]c2o1. The van der Waals surface area contributed by atoms with E-state index in [4.69, 9.17) is 4.42 Å². The fraction of sp³-hybridized carbons (Fsp3) is 0.611. The van der Waals surface area contributed by atoms with E-state index < -0.39 is 11.3 Å². The average Bonchev–Trinajstić information content (AvgIpc) is 2.99. The molecule has 0 saturated heterocycles. The van der Waals surface area contributed by atoms with Crippen molar-refractivity contribution in [1.29, 1.82) is 0 Å². The number of aromatic nitrogens is 2. The highest BCUT2D eigenvalue weighted by Crippen LogP contribution is 2.30. The van der Waals surface area contributed by atoms with Crippen LogP contribution in [0.4, 0.5) is 0 Å². The van der Waals surface area contributed by atoms with E-state index in [0.717, 1.165) is 25.7 Å². The first-order valence-corrected chi connectivity index (χ1v) is 8.95. The van der Waals surface area contributed by atoms with Crippen LogP contribution in [0.5, 0.6) is 0 Å². The molecule has 24 heavy (non-hydrogen) atoms. The van der Waals surface area contributed by atoms with Gasteiger partial charge in [0, 0.05) is 12.1 Å². The lowest BCUT2D eigenvalue weighted by atomic mass is 9.92. The lowest BCUT2D eigenvalue weighted by molar-refractivity contribution is 0.297. The number of rotatable bonds is 4. The third-order valence-corrected chi connectivity index (χ3v) is 5.65. The molecular formula is C18H22N2O4. The van der Waals surface area contributed by atoms with Crippen LogP contribution in [-0.2, 0) is 6.42 Å². The van der Waals surface area contributed by atoms with Crippen LogP contribution in [0.25, 0.3) is 11.1 Å². The van der Waals surface area contributed by atoms with Gasteiger partial charge in [-0.25, -0.2) is 9.59 Å². The third-order valence-electron chi connectivity index (χ3n) is 5.65. The van der Waals surface area contributed by atoms with E-state index in [9.17, 15) is 14.4 Å². The average molecular weight is 330 g/mol. The Morgan fingerprint density at radius 1 is 1.08 bits per heavy atom. The number of fused-ring (bicyclic) bond motifs is 1. The summed E-state index contributed by atoms with van der Waals surface area (Å²) in [7, 11) is 0. The molecule has 2 heterocycles. The summed E-state index contributed by atoms with van der Waals surface area (Å²) in [5.41, 5.74) is -0.575. The largest absolute Gasteiger partial charge is 0.405 e. The molecule has 2 fully saturated rings. The topological polar surface area (TPSA) is 85.1 Å². The molecule has 0 unspecified atom stereocenters. The summed E-state index contributed by atoms with van der Waals surface area (Å²) < 4.78 is 6.41. The van der Waals surface area contributed by atoms with Gasteiger partial charge in [0.2, 0.25) is 5.71 Å². The Bertz CT molecular complexity index is 927. The van der Waals surface area contributed by atoms with E-state index in [-0.39, 0.29) is 17.3 Å². The molecule has 1 N–H and O–H groups in total. The van der Waals surface area contributed by atoms with Crippen molar-refractivity contribution in [3.8, 4) is 0 Å². The maximum absolute atomic E-state index is 12.9. The van der Waals surface area contributed by atoms with Crippen LogP contribution in [0.2, 0.25) is 0 Å². The van der Waals surface area contributed by atoms with Crippen LogP contribution in [-0.4, -0.2) is 9.55 Å². The van der Waals surface area contributed by atoms with E-state index >= 15 is 0 Å². The first-order valence-electron chi connectivity index (χ1n) is 8.95. The summed E-state index contributed by atoms with van der Waals surface area (Å²) in [5, 5.41) is 0.374. The summed E-state index contributed by atoms with van der Waals surface area (Å²) in [4.78, 5) is 39.5. The molecule has 2 aliphatic carbocycles. The zero-order chi connectivity index (χ0) is 16.7. The van der Waals surface area contributed by atoms with Crippen LogP contribution in [0, 0.1) is 5.92 Å². The van der Waals surface area contributed by atoms with Crippen molar-refractivity contribution in [1.82, 2.24) is 9.55 Å². The minimum atomic E-state index is -0.514. The summed E-state index contributed by atoms with van der Waals surface area (Å²) in [5.74, 6) is 0.670. The number of nitrogens with zero attached hydrogens (tertiary/aromatic N) is 1. The van der Waals surface area contributed by atoms with Crippen molar-refractivity contribution in [3.05, 3.63) is 42.9 Å². The Hall–Kier alpha value is -2.11. The number of aromatic amines is 1. The first kappa shape index (κ1) is 15.4. The second-order valence-corrected chi connectivity index (χ2v) is 7.17. The minimum absolute atomic E-state index is 0.0227. The van der Waals surface area contributed by atoms with Gasteiger partial charge >= 0.3 is 11.3 Å². The van der Waals surface area contributed by atoms with E-state index in [0.29, 0.717) is 23.3 Å². The highest BCUT2D eigenvalue weighted by molar-refractivity contribution is 5.75. The van der Waals surface area contributed by atoms with Crippen molar-refractivity contribution in [2.24, 2.45) is 5.92 Å². The molecule has 0 aromatic carbocycles. The monoisotopic (exact) mass is 330 g/mol. The molecule has 0 amide bonds. The van der Waals surface area contributed by atoms with Crippen molar-refractivity contribution in [2.75, 3.05) is 0 Å². The lowest BCUT2D eigenvalue weighted by Gasteiger charge is -2.26. The molecule has 0 atom stereocenters. The summed E-state index contributed by atoms with van der Waals surface area (Å²) in [6.07, 6.45) is 9.37. The van der Waals surface area contributed by atoms with Gasteiger partial charge in [0.1, 0.15) is 5.39 Å². The van der Waals surface area contributed by atoms with E-state index in [1.54, 1.807) is 0 Å². The van der Waals surface area contributed by atoms with E-state index in [2.05, 4.69) is 4.98 Å². The Morgan fingerprint density at radius 3 is 2.50 bits per heavy atom. The molecule has 2 aromatic heterocycles. The zero-order valence-electron chi connectivity index (χ0n) is 13.7. The van der Waals surface area contributed by atoms with Crippen molar-refractivity contribution >= 4 is 11.1 Å². The molecule has 2 saturated carbocycles. The van der Waals surface area contributed by atoms with Crippen molar-refractivity contribution in [3.63, 3.8) is 0 Å². The van der Waals surface area contributed by atoms with Gasteiger partial charge in [-0.15, -0.1) is 0 Å². The first-order chi connectivity index (χ1) is 11.6. The van der Waals surface area contributed by atoms with Crippen LogP contribution < -0.4 is 16.9 Å². The van der Waals surface area contributed by atoms with Gasteiger partial charge < -0.3 is 4.42 Å². The van der Waals surface area contributed by atoms with Gasteiger partial charge in [0.15, 0.2) is 0 Å². The van der Waals surface area contributed by atoms with E-state index in [1.807, 2.05) is 0 Å². The van der Waals surface area contributed by atoms with Gasteiger partial charge in [0.05, 0.1) is 0 Å². The minimum Gasteiger partial charge on any atom is -0.405 e. The molecule has 0 aliphatic heterocycles. The lowest BCUT2D eigenvalue weighted by Crippen LogP contribution is -2.41. The summed E-state index contributed by atoms with van der Waals surface area (Å²) >= 11 is 0. The van der Waals surface area contributed by atoms with Gasteiger partial charge in [-0.1, -0.05) is 25.7 Å². The molecule has 2 aliphatic rings. The number of H-pyrrole nitrogens is 1. The molecule has 2 aromatic rings. The Kier molecular flexibility index (Phi) is 3.90. The highest BCUT2D eigenvalue weighted by Gasteiger charge is 2.25. The molecule has 0 spiro atoms. The van der Waals surface area contributed by atoms with Crippen LogP contribution in [0.15, 0.2) is 24.9 Å². The van der Waals surface area contributed by atoms with E-state index in [1.165, 1.54) is 36.3 Å². The third kappa shape index (κ3) is 2.64. The Balaban J connectivity index is 1.80. The fourth-order valence-corrected chi connectivity index (χ4v) is 4.07. The fourth-order valence-electron chi connectivity index (χ4n) is 4.07. The predicted octanol–water partition coefficient (Wildman–Crippen LogP) is 2.49. The summed E-state index contributed by atoms with van der Waals surface area (Å²) in [6.45, 7) is 0. The predicted molar refractivity (Wildman–Crippen MR) is 90.5 cm³/mol. The normalized spacial score (nSPS) is 19.0. The highest BCUT2D eigenvalue weighted by atomic mass is 16.4. The maximum Gasteiger partial charge on any atom is 0.337 e.